The number of hydrogen-bond acceptors (Lipinski definition) is 4. The molecule has 0 bridgehead atoms. The maximum absolute atomic E-state index is 12.9. The maximum Gasteiger partial charge on any atom is 0.313 e. The standard InChI is InChI=1S/C11H11FN4/c1-7-3-5-9(6-4-7)15-11-14-8(2)13-10(12)16-11/h3-6H,1-2H3,(H,13,14,15,16). The molecule has 0 fully saturated rings. The van der Waals surface area contributed by atoms with Crippen molar-refractivity contribution in [1.29, 1.82) is 0 Å². The molecule has 82 valence electrons. The van der Waals surface area contributed by atoms with E-state index in [4.69, 9.17) is 0 Å². The zero-order chi connectivity index (χ0) is 11.5. The second kappa shape index (κ2) is 4.22. The van der Waals surface area contributed by atoms with Crippen molar-refractivity contribution in [3.63, 3.8) is 0 Å². The number of halogens is 1. The molecule has 0 unspecified atom stereocenters. The van der Waals surface area contributed by atoms with Gasteiger partial charge in [0.15, 0.2) is 0 Å². The first-order valence-corrected chi connectivity index (χ1v) is 4.85. The minimum Gasteiger partial charge on any atom is -0.324 e. The summed E-state index contributed by atoms with van der Waals surface area (Å²) < 4.78 is 12.9. The summed E-state index contributed by atoms with van der Waals surface area (Å²) >= 11 is 0. The molecule has 0 aliphatic carbocycles. The van der Waals surface area contributed by atoms with E-state index in [-0.39, 0.29) is 5.95 Å². The van der Waals surface area contributed by atoms with Crippen LogP contribution in [0.25, 0.3) is 0 Å². The van der Waals surface area contributed by atoms with Gasteiger partial charge in [-0.1, -0.05) is 17.7 Å². The predicted octanol–water partition coefficient (Wildman–Crippen LogP) is 2.37. The lowest BCUT2D eigenvalue weighted by atomic mass is 10.2. The minimum absolute atomic E-state index is 0.217. The van der Waals surface area contributed by atoms with Crippen molar-refractivity contribution in [1.82, 2.24) is 15.0 Å². The molecule has 0 spiro atoms. The van der Waals surface area contributed by atoms with Gasteiger partial charge in [-0.25, -0.2) is 0 Å². The van der Waals surface area contributed by atoms with Gasteiger partial charge in [0.05, 0.1) is 0 Å². The van der Waals surface area contributed by atoms with Gasteiger partial charge in [-0.15, -0.1) is 0 Å². The first-order valence-electron chi connectivity index (χ1n) is 4.85. The third-order valence-electron chi connectivity index (χ3n) is 2.03. The van der Waals surface area contributed by atoms with E-state index in [9.17, 15) is 4.39 Å². The molecule has 0 saturated carbocycles. The Morgan fingerprint density at radius 3 is 2.31 bits per heavy atom. The Hall–Kier alpha value is -2.04. The fraction of sp³-hybridized carbons (Fsp3) is 0.182. The smallest absolute Gasteiger partial charge is 0.313 e. The Balaban J connectivity index is 2.23. The summed E-state index contributed by atoms with van der Waals surface area (Å²) in [4.78, 5) is 11.0. The number of benzene rings is 1. The largest absolute Gasteiger partial charge is 0.324 e. The number of hydrogen-bond donors (Lipinski definition) is 1. The molecule has 4 nitrogen and oxygen atoms in total. The number of nitrogens with one attached hydrogen (secondary N) is 1. The minimum atomic E-state index is -0.776. The normalized spacial score (nSPS) is 10.2. The average molecular weight is 218 g/mol. The van der Waals surface area contributed by atoms with Crippen molar-refractivity contribution in [2.75, 3.05) is 5.32 Å². The molecule has 2 rings (SSSR count). The van der Waals surface area contributed by atoms with Crippen molar-refractivity contribution in [2.45, 2.75) is 13.8 Å². The molecule has 0 radical (unpaired) electrons. The van der Waals surface area contributed by atoms with E-state index < -0.39 is 6.08 Å². The van der Waals surface area contributed by atoms with Crippen molar-refractivity contribution in [2.24, 2.45) is 0 Å². The molecule has 1 N–H and O–H groups in total. The molecule has 5 heteroatoms. The summed E-state index contributed by atoms with van der Waals surface area (Å²) in [6, 6.07) is 7.66. The third kappa shape index (κ3) is 2.50. The highest BCUT2D eigenvalue weighted by atomic mass is 19.1. The molecular formula is C11H11FN4. The van der Waals surface area contributed by atoms with Gasteiger partial charge < -0.3 is 5.32 Å². The summed E-state index contributed by atoms with van der Waals surface area (Å²) in [5, 5.41) is 2.91. The van der Waals surface area contributed by atoms with Gasteiger partial charge in [0.2, 0.25) is 5.95 Å². The topological polar surface area (TPSA) is 50.7 Å². The molecule has 1 heterocycles. The molecule has 0 atom stereocenters. The highest BCUT2D eigenvalue weighted by molar-refractivity contribution is 5.53. The Morgan fingerprint density at radius 1 is 1.00 bits per heavy atom. The number of nitrogens with zero attached hydrogens (tertiary/aromatic N) is 3. The highest BCUT2D eigenvalue weighted by Crippen LogP contribution is 2.13. The van der Waals surface area contributed by atoms with Crippen LogP contribution in [-0.2, 0) is 0 Å². The average Bonchev–Trinajstić information content (AvgIpc) is 2.20. The monoisotopic (exact) mass is 218 g/mol. The van der Waals surface area contributed by atoms with E-state index in [0.29, 0.717) is 5.82 Å². The van der Waals surface area contributed by atoms with Crippen LogP contribution in [0.2, 0.25) is 0 Å². The van der Waals surface area contributed by atoms with Gasteiger partial charge in [-0.05, 0) is 26.0 Å². The molecule has 0 aliphatic heterocycles. The van der Waals surface area contributed by atoms with Crippen LogP contribution in [0.5, 0.6) is 0 Å². The number of aryl methyl sites for hydroxylation is 2. The van der Waals surface area contributed by atoms with Crippen LogP contribution in [0.1, 0.15) is 11.4 Å². The van der Waals surface area contributed by atoms with E-state index in [2.05, 4.69) is 20.3 Å². The number of aromatic nitrogens is 3. The number of anilines is 2. The first-order chi connectivity index (χ1) is 7.63. The quantitative estimate of drug-likeness (QED) is 0.840. The van der Waals surface area contributed by atoms with E-state index >= 15 is 0 Å². The van der Waals surface area contributed by atoms with Crippen LogP contribution >= 0.6 is 0 Å². The Morgan fingerprint density at radius 2 is 1.69 bits per heavy atom. The molecular weight excluding hydrogens is 207 g/mol. The zero-order valence-electron chi connectivity index (χ0n) is 9.03. The molecule has 16 heavy (non-hydrogen) atoms. The maximum atomic E-state index is 12.9. The van der Waals surface area contributed by atoms with Crippen LogP contribution in [0.15, 0.2) is 24.3 Å². The summed E-state index contributed by atoms with van der Waals surface area (Å²) in [5.74, 6) is 0.566. The van der Waals surface area contributed by atoms with Gasteiger partial charge in [-0.2, -0.15) is 19.3 Å². The summed E-state index contributed by atoms with van der Waals surface area (Å²) in [6.07, 6.45) is -0.776. The van der Waals surface area contributed by atoms with Gasteiger partial charge in [0.1, 0.15) is 5.82 Å². The fourth-order valence-electron chi connectivity index (χ4n) is 1.27. The fourth-order valence-corrected chi connectivity index (χ4v) is 1.27. The van der Waals surface area contributed by atoms with E-state index in [1.165, 1.54) is 0 Å². The molecule has 0 saturated heterocycles. The van der Waals surface area contributed by atoms with E-state index in [0.717, 1.165) is 11.3 Å². The molecule has 1 aromatic heterocycles. The van der Waals surface area contributed by atoms with Crippen LogP contribution in [0.4, 0.5) is 16.0 Å². The molecule has 2 aromatic rings. The second-order valence-corrected chi connectivity index (χ2v) is 3.47. The Labute approximate surface area is 92.6 Å². The summed E-state index contributed by atoms with van der Waals surface area (Å²) in [5.41, 5.74) is 1.97. The summed E-state index contributed by atoms with van der Waals surface area (Å²) in [6.45, 7) is 3.61. The lowest BCUT2D eigenvalue weighted by molar-refractivity contribution is 0.529. The van der Waals surface area contributed by atoms with Crippen LogP contribution in [-0.4, -0.2) is 15.0 Å². The van der Waals surface area contributed by atoms with Gasteiger partial charge in [0.25, 0.3) is 0 Å². The van der Waals surface area contributed by atoms with Crippen molar-refractivity contribution >= 4 is 11.6 Å². The SMILES string of the molecule is Cc1ccc(Nc2nc(C)nc(F)n2)cc1. The van der Waals surface area contributed by atoms with E-state index in [1.807, 2.05) is 31.2 Å². The lowest BCUT2D eigenvalue weighted by Gasteiger charge is -2.04. The molecule has 0 aliphatic rings. The van der Waals surface area contributed by atoms with E-state index in [1.54, 1.807) is 6.92 Å². The van der Waals surface area contributed by atoms with Crippen molar-refractivity contribution < 1.29 is 4.39 Å². The Kier molecular flexibility index (Phi) is 2.76. The van der Waals surface area contributed by atoms with Crippen LogP contribution < -0.4 is 5.32 Å². The molecule has 1 aromatic carbocycles. The van der Waals surface area contributed by atoms with Gasteiger partial charge in [0, 0.05) is 5.69 Å². The van der Waals surface area contributed by atoms with Gasteiger partial charge >= 0.3 is 6.08 Å². The lowest BCUT2D eigenvalue weighted by Crippen LogP contribution is -2.03. The summed E-state index contributed by atoms with van der Waals surface area (Å²) in [7, 11) is 0. The number of rotatable bonds is 2. The van der Waals surface area contributed by atoms with Crippen molar-refractivity contribution in [3.05, 3.63) is 41.7 Å². The van der Waals surface area contributed by atoms with Gasteiger partial charge in [-0.3, -0.25) is 0 Å². The third-order valence-corrected chi connectivity index (χ3v) is 2.03. The zero-order valence-corrected chi connectivity index (χ0v) is 9.03. The first kappa shape index (κ1) is 10.5. The molecule has 0 amide bonds. The van der Waals surface area contributed by atoms with Crippen molar-refractivity contribution in [3.8, 4) is 0 Å². The Bertz CT molecular complexity index is 476. The predicted molar refractivity (Wildman–Crippen MR) is 59.0 cm³/mol. The van der Waals surface area contributed by atoms with Crippen LogP contribution in [0, 0.1) is 19.9 Å². The highest BCUT2D eigenvalue weighted by Gasteiger charge is 2.02. The van der Waals surface area contributed by atoms with Crippen LogP contribution in [0.3, 0.4) is 0 Å². The second-order valence-electron chi connectivity index (χ2n) is 3.47.